The van der Waals surface area contributed by atoms with Crippen LogP contribution in [0.25, 0.3) is 11.3 Å². The molecule has 7 heteroatoms. The van der Waals surface area contributed by atoms with Crippen LogP contribution in [0, 0.1) is 0 Å². The lowest BCUT2D eigenvalue weighted by Crippen LogP contribution is -2.33. The minimum atomic E-state index is -0.0723. The molecule has 0 aromatic carbocycles. The Balaban J connectivity index is 1.38. The summed E-state index contributed by atoms with van der Waals surface area (Å²) in [4.78, 5) is 27.8. The molecule has 3 aromatic rings. The molecule has 0 unspecified atom stereocenters. The summed E-state index contributed by atoms with van der Waals surface area (Å²) in [6, 6.07) is 5.71. The van der Waals surface area contributed by atoms with E-state index in [9.17, 15) is 4.79 Å². The highest BCUT2D eigenvalue weighted by Crippen LogP contribution is 2.40. The number of rotatable bonds is 3. The Labute approximate surface area is 156 Å². The second-order valence-electron chi connectivity index (χ2n) is 7.06. The Morgan fingerprint density at radius 3 is 2.74 bits per heavy atom. The Bertz CT molecular complexity index is 981. The second kappa shape index (κ2) is 6.57. The predicted octanol–water partition coefficient (Wildman–Crippen LogP) is 2.65. The van der Waals surface area contributed by atoms with E-state index in [0.717, 1.165) is 41.1 Å². The van der Waals surface area contributed by atoms with Crippen LogP contribution in [0.3, 0.4) is 0 Å². The van der Waals surface area contributed by atoms with Crippen molar-refractivity contribution >= 4 is 5.91 Å². The molecular formula is C20H19N5O2. The van der Waals surface area contributed by atoms with E-state index in [1.165, 1.54) is 0 Å². The number of amides is 1. The number of fused-ring (bicyclic) bond motifs is 1. The third kappa shape index (κ3) is 3.09. The smallest absolute Gasteiger partial charge is 0.276 e. The average Bonchev–Trinajstić information content (AvgIpc) is 3.49. The largest absolute Gasteiger partial charge is 0.360 e. The predicted molar refractivity (Wildman–Crippen MR) is 97.1 cm³/mol. The summed E-state index contributed by atoms with van der Waals surface area (Å²) < 4.78 is 5.34. The fraction of sp³-hybridized carbons (Fsp3) is 0.350. The number of pyridine rings is 1. The molecule has 3 aromatic heterocycles. The fourth-order valence-corrected chi connectivity index (χ4v) is 3.60. The molecule has 1 fully saturated rings. The van der Waals surface area contributed by atoms with Crippen LogP contribution in [-0.2, 0) is 12.8 Å². The molecule has 0 saturated heterocycles. The fourth-order valence-electron chi connectivity index (χ4n) is 3.60. The molecule has 1 aliphatic heterocycles. The second-order valence-corrected chi connectivity index (χ2v) is 7.06. The van der Waals surface area contributed by atoms with Gasteiger partial charge in [0.1, 0.15) is 12.1 Å². The molecule has 1 aliphatic carbocycles. The van der Waals surface area contributed by atoms with Gasteiger partial charge in [0, 0.05) is 60.7 Å². The van der Waals surface area contributed by atoms with E-state index >= 15 is 0 Å². The molecule has 1 saturated carbocycles. The first kappa shape index (κ1) is 16.1. The van der Waals surface area contributed by atoms with Gasteiger partial charge in [-0.2, -0.15) is 0 Å². The van der Waals surface area contributed by atoms with Crippen LogP contribution < -0.4 is 0 Å². The lowest BCUT2D eigenvalue weighted by Gasteiger charge is -2.18. The SMILES string of the molecule is O=C(c1cc(C2CC2)on1)N1CCc2ncnc(-c3ccncc3)c2CC1. The van der Waals surface area contributed by atoms with E-state index in [4.69, 9.17) is 4.52 Å². The number of nitrogens with zero attached hydrogens (tertiary/aromatic N) is 5. The highest BCUT2D eigenvalue weighted by molar-refractivity contribution is 5.92. The first-order valence-electron chi connectivity index (χ1n) is 9.28. The van der Waals surface area contributed by atoms with Crippen molar-refractivity contribution in [3.8, 4) is 11.3 Å². The quantitative estimate of drug-likeness (QED) is 0.713. The number of hydrogen-bond acceptors (Lipinski definition) is 6. The van der Waals surface area contributed by atoms with E-state index in [1.807, 2.05) is 17.0 Å². The van der Waals surface area contributed by atoms with Crippen LogP contribution >= 0.6 is 0 Å². The van der Waals surface area contributed by atoms with Crippen LogP contribution in [0.4, 0.5) is 0 Å². The van der Waals surface area contributed by atoms with E-state index in [1.54, 1.807) is 24.8 Å². The average molecular weight is 361 g/mol. The number of aromatic nitrogens is 4. The molecule has 0 radical (unpaired) electrons. The molecule has 0 spiro atoms. The summed E-state index contributed by atoms with van der Waals surface area (Å²) in [5, 5.41) is 4.00. The third-order valence-corrected chi connectivity index (χ3v) is 5.25. The van der Waals surface area contributed by atoms with Gasteiger partial charge in [0.2, 0.25) is 0 Å². The van der Waals surface area contributed by atoms with Crippen molar-refractivity contribution in [1.29, 1.82) is 0 Å². The lowest BCUT2D eigenvalue weighted by molar-refractivity contribution is 0.0752. The van der Waals surface area contributed by atoms with Gasteiger partial charge in [-0.25, -0.2) is 9.97 Å². The van der Waals surface area contributed by atoms with Crippen molar-refractivity contribution in [2.24, 2.45) is 0 Å². The molecule has 27 heavy (non-hydrogen) atoms. The van der Waals surface area contributed by atoms with Gasteiger partial charge in [0.25, 0.3) is 5.91 Å². The van der Waals surface area contributed by atoms with Crippen molar-refractivity contribution in [2.45, 2.75) is 31.6 Å². The maximum absolute atomic E-state index is 12.9. The zero-order valence-corrected chi connectivity index (χ0v) is 14.8. The molecule has 0 atom stereocenters. The normalized spacial score (nSPS) is 16.7. The van der Waals surface area contributed by atoms with Crippen molar-refractivity contribution in [2.75, 3.05) is 13.1 Å². The molecule has 7 nitrogen and oxygen atoms in total. The van der Waals surface area contributed by atoms with Crippen LogP contribution in [0.2, 0.25) is 0 Å². The molecule has 5 rings (SSSR count). The Morgan fingerprint density at radius 1 is 1.11 bits per heavy atom. The van der Waals surface area contributed by atoms with Crippen LogP contribution in [0.15, 0.2) is 41.4 Å². The van der Waals surface area contributed by atoms with Gasteiger partial charge in [0.15, 0.2) is 5.69 Å². The monoisotopic (exact) mass is 361 g/mol. The summed E-state index contributed by atoms with van der Waals surface area (Å²) in [6.45, 7) is 1.23. The van der Waals surface area contributed by atoms with E-state index in [2.05, 4.69) is 20.1 Å². The maximum Gasteiger partial charge on any atom is 0.276 e. The zero-order valence-electron chi connectivity index (χ0n) is 14.8. The summed E-state index contributed by atoms with van der Waals surface area (Å²) >= 11 is 0. The highest BCUT2D eigenvalue weighted by Gasteiger charge is 2.30. The van der Waals surface area contributed by atoms with Gasteiger partial charge in [-0.1, -0.05) is 5.16 Å². The van der Waals surface area contributed by atoms with E-state index < -0.39 is 0 Å². The number of carbonyl (C=O) groups excluding carboxylic acids is 1. The number of carbonyl (C=O) groups is 1. The Morgan fingerprint density at radius 2 is 1.93 bits per heavy atom. The third-order valence-electron chi connectivity index (χ3n) is 5.25. The summed E-state index contributed by atoms with van der Waals surface area (Å²) in [5.41, 5.74) is 4.47. The number of hydrogen-bond donors (Lipinski definition) is 0. The standard InChI is InChI=1S/C20H19N5O2/c26-20(17-11-18(27-24-17)13-1-2-13)25-9-5-15-16(6-10-25)22-12-23-19(15)14-3-7-21-8-4-14/h3-4,7-8,11-13H,1-2,5-6,9-10H2. The van der Waals surface area contributed by atoms with Crippen LogP contribution in [-0.4, -0.2) is 44.0 Å². The Hall–Kier alpha value is -3.09. The molecule has 0 bridgehead atoms. The summed E-state index contributed by atoms with van der Waals surface area (Å²) in [6.07, 6.45) is 8.79. The maximum atomic E-state index is 12.9. The van der Waals surface area contributed by atoms with Gasteiger partial charge >= 0.3 is 0 Å². The topological polar surface area (TPSA) is 85.0 Å². The summed E-state index contributed by atoms with van der Waals surface area (Å²) in [7, 11) is 0. The van der Waals surface area contributed by atoms with Gasteiger partial charge < -0.3 is 9.42 Å². The molecule has 0 N–H and O–H groups in total. The zero-order chi connectivity index (χ0) is 18.2. The Kier molecular flexibility index (Phi) is 3.92. The lowest BCUT2D eigenvalue weighted by atomic mass is 10.0. The van der Waals surface area contributed by atoms with Gasteiger partial charge in [-0.05, 0) is 31.4 Å². The van der Waals surface area contributed by atoms with Gasteiger partial charge in [-0.15, -0.1) is 0 Å². The molecular weight excluding hydrogens is 342 g/mol. The van der Waals surface area contributed by atoms with Crippen molar-refractivity contribution < 1.29 is 9.32 Å². The molecule has 4 heterocycles. The highest BCUT2D eigenvalue weighted by atomic mass is 16.5. The molecule has 1 amide bonds. The van der Waals surface area contributed by atoms with Crippen molar-refractivity contribution in [3.05, 3.63) is 59.6 Å². The van der Waals surface area contributed by atoms with Crippen molar-refractivity contribution in [3.63, 3.8) is 0 Å². The molecule has 136 valence electrons. The molecule has 2 aliphatic rings. The van der Waals surface area contributed by atoms with Crippen LogP contribution in [0.1, 0.15) is 46.3 Å². The van der Waals surface area contributed by atoms with E-state index in [-0.39, 0.29) is 5.91 Å². The first-order chi connectivity index (χ1) is 13.3. The van der Waals surface area contributed by atoms with Gasteiger partial charge in [-0.3, -0.25) is 9.78 Å². The van der Waals surface area contributed by atoms with E-state index in [0.29, 0.717) is 37.5 Å². The van der Waals surface area contributed by atoms with Gasteiger partial charge in [0.05, 0.1) is 5.69 Å². The minimum Gasteiger partial charge on any atom is -0.360 e. The minimum absolute atomic E-state index is 0.0723. The van der Waals surface area contributed by atoms with Crippen LogP contribution in [0.5, 0.6) is 0 Å². The van der Waals surface area contributed by atoms with Crippen molar-refractivity contribution in [1.82, 2.24) is 25.0 Å². The first-order valence-corrected chi connectivity index (χ1v) is 9.28. The summed E-state index contributed by atoms with van der Waals surface area (Å²) in [5.74, 6) is 1.21.